The highest BCUT2D eigenvalue weighted by Crippen LogP contribution is 2.10. The van der Waals surface area contributed by atoms with Crippen molar-refractivity contribution in [3.05, 3.63) is 30.2 Å². The molecule has 2 aromatic heterocycles. The number of carboxylic acid groups (broad SMARTS) is 1. The van der Waals surface area contributed by atoms with Crippen LogP contribution in [0.25, 0.3) is 5.65 Å². The van der Waals surface area contributed by atoms with Gasteiger partial charge in [0.2, 0.25) is 0 Å². The van der Waals surface area contributed by atoms with Gasteiger partial charge in [0.05, 0.1) is 6.20 Å². The van der Waals surface area contributed by atoms with Gasteiger partial charge in [-0.2, -0.15) is 5.10 Å². The van der Waals surface area contributed by atoms with E-state index in [1.807, 2.05) is 6.20 Å². The molecule has 2 heterocycles. The summed E-state index contributed by atoms with van der Waals surface area (Å²) in [6.45, 7) is 0. The van der Waals surface area contributed by atoms with E-state index >= 15 is 0 Å². The molecular weight excluding hydrogens is 194 g/mol. The van der Waals surface area contributed by atoms with Crippen molar-refractivity contribution >= 4 is 11.6 Å². The summed E-state index contributed by atoms with van der Waals surface area (Å²) in [5.41, 5.74) is 1.81. The zero-order chi connectivity index (χ0) is 10.7. The second kappa shape index (κ2) is 4.08. The van der Waals surface area contributed by atoms with Gasteiger partial charge in [-0.3, -0.25) is 4.79 Å². The first-order chi connectivity index (χ1) is 7.27. The summed E-state index contributed by atoms with van der Waals surface area (Å²) in [6, 6.07) is 1.81. The predicted octanol–water partition coefficient (Wildman–Crippen LogP) is 1.14. The fraction of sp³-hybridized carbons (Fsp3) is 0.300. The van der Waals surface area contributed by atoms with Crippen molar-refractivity contribution in [1.82, 2.24) is 14.6 Å². The Morgan fingerprint density at radius 2 is 2.40 bits per heavy atom. The van der Waals surface area contributed by atoms with Gasteiger partial charge in [-0.15, -0.1) is 0 Å². The van der Waals surface area contributed by atoms with E-state index in [1.54, 1.807) is 23.0 Å². The molecule has 0 radical (unpaired) electrons. The van der Waals surface area contributed by atoms with Crippen LogP contribution in [0.4, 0.5) is 0 Å². The number of aliphatic carboxylic acids is 1. The molecule has 2 rings (SSSR count). The Hall–Kier alpha value is -1.91. The molecule has 0 aliphatic carbocycles. The third kappa shape index (κ3) is 2.12. The smallest absolute Gasteiger partial charge is 0.303 e. The molecule has 0 amide bonds. The van der Waals surface area contributed by atoms with Crippen LogP contribution in [0.5, 0.6) is 0 Å². The Kier molecular flexibility index (Phi) is 2.62. The van der Waals surface area contributed by atoms with E-state index in [0.717, 1.165) is 11.2 Å². The number of aromatic nitrogens is 3. The monoisotopic (exact) mass is 205 g/mol. The Balaban J connectivity index is 2.11. The minimum Gasteiger partial charge on any atom is -0.481 e. The molecule has 0 atom stereocenters. The Morgan fingerprint density at radius 3 is 3.20 bits per heavy atom. The number of carbonyl (C=O) groups is 1. The van der Waals surface area contributed by atoms with Gasteiger partial charge in [-0.25, -0.2) is 9.50 Å². The fourth-order valence-corrected chi connectivity index (χ4v) is 1.48. The van der Waals surface area contributed by atoms with Gasteiger partial charge < -0.3 is 5.11 Å². The van der Waals surface area contributed by atoms with Crippen LogP contribution in [0, 0.1) is 0 Å². The number of hydrogen-bond acceptors (Lipinski definition) is 3. The van der Waals surface area contributed by atoms with Gasteiger partial charge in [-0.05, 0) is 18.9 Å². The van der Waals surface area contributed by atoms with E-state index in [2.05, 4.69) is 10.1 Å². The molecule has 0 aromatic carbocycles. The average molecular weight is 205 g/mol. The molecule has 0 saturated carbocycles. The molecule has 0 saturated heterocycles. The lowest BCUT2D eigenvalue weighted by atomic mass is 10.1. The molecule has 78 valence electrons. The van der Waals surface area contributed by atoms with Crippen LogP contribution in [-0.4, -0.2) is 25.7 Å². The lowest BCUT2D eigenvalue weighted by Gasteiger charge is -1.96. The lowest BCUT2D eigenvalue weighted by molar-refractivity contribution is -0.137. The van der Waals surface area contributed by atoms with Crippen LogP contribution < -0.4 is 0 Å². The number of carboxylic acids is 1. The van der Waals surface area contributed by atoms with Crippen LogP contribution in [-0.2, 0) is 11.2 Å². The van der Waals surface area contributed by atoms with Gasteiger partial charge in [0.25, 0.3) is 0 Å². The van der Waals surface area contributed by atoms with Crippen LogP contribution in [0.1, 0.15) is 18.4 Å². The summed E-state index contributed by atoms with van der Waals surface area (Å²) < 4.78 is 1.69. The Labute approximate surface area is 86.4 Å². The van der Waals surface area contributed by atoms with Crippen molar-refractivity contribution in [2.75, 3.05) is 0 Å². The van der Waals surface area contributed by atoms with Crippen molar-refractivity contribution in [1.29, 1.82) is 0 Å². The molecule has 0 unspecified atom stereocenters. The van der Waals surface area contributed by atoms with E-state index in [0.29, 0.717) is 12.8 Å². The summed E-state index contributed by atoms with van der Waals surface area (Å²) in [5, 5.41) is 12.6. The van der Waals surface area contributed by atoms with Crippen LogP contribution >= 0.6 is 0 Å². The van der Waals surface area contributed by atoms with Crippen molar-refractivity contribution in [2.45, 2.75) is 19.3 Å². The van der Waals surface area contributed by atoms with Crippen LogP contribution in [0.3, 0.4) is 0 Å². The Bertz CT molecular complexity index is 478. The van der Waals surface area contributed by atoms with E-state index in [1.165, 1.54) is 0 Å². The van der Waals surface area contributed by atoms with E-state index < -0.39 is 5.97 Å². The van der Waals surface area contributed by atoms with Gasteiger partial charge in [0, 0.05) is 24.4 Å². The second-order valence-electron chi connectivity index (χ2n) is 3.30. The number of aryl methyl sites for hydroxylation is 1. The number of fused-ring (bicyclic) bond motifs is 1. The summed E-state index contributed by atoms with van der Waals surface area (Å²) in [7, 11) is 0. The fourth-order valence-electron chi connectivity index (χ4n) is 1.48. The van der Waals surface area contributed by atoms with Crippen molar-refractivity contribution in [3.63, 3.8) is 0 Å². The largest absolute Gasteiger partial charge is 0.481 e. The molecule has 5 nitrogen and oxygen atoms in total. The summed E-state index contributed by atoms with van der Waals surface area (Å²) in [6.07, 6.45) is 6.77. The van der Waals surface area contributed by atoms with E-state index in [4.69, 9.17) is 5.11 Å². The third-order valence-corrected chi connectivity index (χ3v) is 2.19. The van der Waals surface area contributed by atoms with Gasteiger partial charge in [0.15, 0.2) is 5.65 Å². The molecule has 0 bridgehead atoms. The minimum absolute atomic E-state index is 0.185. The summed E-state index contributed by atoms with van der Waals surface area (Å²) in [5.74, 6) is -0.764. The maximum atomic E-state index is 10.4. The zero-order valence-corrected chi connectivity index (χ0v) is 8.13. The first-order valence-electron chi connectivity index (χ1n) is 4.76. The predicted molar refractivity (Wildman–Crippen MR) is 53.6 cm³/mol. The van der Waals surface area contributed by atoms with Crippen LogP contribution in [0.15, 0.2) is 24.7 Å². The highest BCUT2D eigenvalue weighted by atomic mass is 16.4. The molecular formula is C10H11N3O2. The molecule has 2 aromatic rings. The van der Waals surface area contributed by atoms with Crippen molar-refractivity contribution < 1.29 is 9.90 Å². The zero-order valence-electron chi connectivity index (χ0n) is 8.13. The number of nitrogens with zero attached hydrogens (tertiary/aromatic N) is 3. The van der Waals surface area contributed by atoms with Gasteiger partial charge in [0.1, 0.15) is 0 Å². The van der Waals surface area contributed by atoms with Crippen LogP contribution in [0.2, 0.25) is 0 Å². The molecule has 1 N–H and O–H groups in total. The quantitative estimate of drug-likeness (QED) is 0.812. The maximum absolute atomic E-state index is 10.4. The standard InChI is InChI=1S/C10H11N3O2/c14-9(15)4-1-3-8-7-12-13-6-2-5-11-10(8)13/h2,5-7H,1,3-4H2,(H,14,15). The lowest BCUT2D eigenvalue weighted by Crippen LogP contribution is -1.96. The Morgan fingerprint density at radius 1 is 1.53 bits per heavy atom. The minimum atomic E-state index is -0.764. The first kappa shape index (κ1) is 9.64. The highest BCUT2D eigenvalue weighted by molar-refractivity contribution is 5.66. The van der Waals surface area contributed by atoms with E-state index in [9.17, 15) is 4.79 Å². The first-order valence-corrected chi connectivity index (χ1v) is 4.76. The number of rotatable bonds is 4. The normalized spacial score (nSPS) is 10.7. The summed E-state index contributed by atoms with van der Waals surface area (Å²) >= 11 is 0. The molecule has 15 heavy (non-hydrogen) atoms. The molecule has 0 aliphatic rings. The SMILES string of the molecule is O=C(O)CCCc1cnn2cccnc12. The van der Waals surface area contributed by atoms with Gasteiger partial charge >= 0.3 is 5.97 Å². The second-order valence-corrected chi connectivity index (χ2v) is 3.30. The highest BCUT2D eigenvalue weighted by Gasteiger charge is 2.05. The van der Waals surface area contributed by atoms with Crippen molar-refractivity contribution in [2.24, 2.45) is 0 Å². The topological polar surface area (TPSA) is 67.5 Å². The number of hydrogen-bond donors (Lipinski definition) is 1. The average Bonchev–Trinajstić information content (AvgIpc) is 2.62. The molecule has 0 fully saturated rings. The third-order valence-electron chi connectivity index (χ3n) is 2.19. The molecule has 5 heteroatoms. The van der Waals surface area contributed by atoms with E-state index in [-0.39, 0.29) is 6.42 Å². The molecule has 0 spiro atoms. The maximum Gasteiger partial charge on any atom is 0.303 e. The molecule has 0 aliphatic heterocycles. The summed E-state index contributed by atoms with van der Waals surface area (Å²) in [4.78, 5) is 14.5. The van der Waals surface area contributed by atoms with Gasteiger partial charge in [-0.1, -0.05) is 0 Å². The van der Waals surface area contributed by atoms with Crippen molar-refractivity contribution in [3.8, 4) is 0 Å².